The summed E-state index contributed by atoms with van der Waals surface area (Å²) < 4.78 is 36.9. The van der Waals surface area contributed by atoms with Gasteiger partial charge in [-0.1, -0.05) is 0 Å². The molecule has 0 bridgehead atoms. The van der Waals surface area contributed by atoms with Gasteiger partial charge in [0.05, 0.1) is 0 Å². The maximum atomic E-state index is 11.3. The van der Waals surface area contributed by atoms with Gasteiger partial charge < -0.3 is 0 Å². The van der Waals surface area contributed by atoms with Crippen molar-refractivity contribution >= 4 is 30.8 Å². The van der Waals surface area contributed by atoms with Gasteiger partial charge in [0.1, 0.15) is 0 Å². The van der Waals surface area contributed by atoms with E-state index >= 15 is 0 Å². The number of halogens is 1. The van der Waals surface area contributed by atoms with E-state index in [4.69, 9.17) is 0 Å². The van der Waals surface area contributed by atoms with Gasteiger partial charge in [-0.25, -0.2) is 0 Å². The van der Waals surface area contributed by atoms with E-state index in [0.29, 0.717) is 3.57 Å². The first-order valence-corrected chi connectivity index (χ1v) is 7.79. The van der Waals surface area contributed by atoms with E-state index in [1.807, 2.05) is 0 Å². The summed E-state index contributed by atoms with van der Waals surface area (Å²) in [6, 6.07) is 4.92. The third kappa shape index (κ3) is 1.47. The summed E-state index contributed by atoms with van der Waals surface area (Å²) in [7, 11) is -3.66. The number of aryl methyl sites for hydroxylation is 1. The van der Waals surface area contributed by atoms with E-state index in [2.05, 4.69) is 2.51 Å². The Morgan fingerprint density at radius 3 is 2.85 bits per heavy atom. The molecule has 0 unspecified atom stereocenters. The van der Waals surface area contributed by atoms with Gasteiger partial charge in [0.15, 0.2) is 0 Å². The van der Waals surface area contributed by atoms with Crippen molar-refractivity contribution < 1.29 is 14.4 Å². The Balaban J connectivity index is 2.74. The second kappa shape index (κ2) is 2.91. The van der Waals surface area contributed by atoms with Gasteiger partial charge in [0.25, 0.3) is 0 Å². The van der Waals surface area contributed by atoms with Gasteiger partial charge in [-0.15, -0.1) is 0 Å². The minimum atomic E-state index is -3.66. The van der Waals surface area contributed by atoms with Crippen LogP contribution in [0.1, 0.15) is 5.56 Å². The Labute approximate surface area is 84.1 Å². The molecular weight excluding hydrogens is 307 g/mol. The summed E-state index contributed by atoms with van der Waals surface area (Å²) in [6.07, 6.45) is 0. The van der Waals surface area contributed by atoms with Crippen molar-refractivity contribution in [1.29, 1.82) is 0 Å². The van der Waals surface area contributed by atoms with Crippen LogP contribution in [0.5, 0.6) is 0 Å². The van der Waals surface area contributed by atoms with E-state index in [9.17, 15) is 11.9 Å². The number of rotatable bonds is 0. The molecule has 1 aromatic rings. The number of benzene rings is 1. The van der Waals surface area contributed by atoms with Gasteiger partial charge >= 0.3 is 84.3 Å². The standard InChI is InChI=1S/C7H7IO4S/c1-5-2-3-6-7(4-5)13(10,11)12-8(6)9/h2-4,9H,1H3. The molecule has 0 spiro atoms. The third-order valence-electron chi connectivity index (χ3n) is 1.67. The molecule has 0 aromatic heterocycles. The van der Waals surface area contributed by atoms with Crippen molar-refractivity contribution in [3.8, 4) is 0 Å². The van der Waals surface area contributed by atoms with Gasteiger partial charge in [0.2, 0.25) is 0 Å². The SMILES string of the molecule is Cc1ccc2c(c1)S(=O)(=O)OI2O. The number of fused-ring (bicyclic) bond motifs is 1. The predicted molar refractivity (Wildman–Crippen MR) is 54.4 cm³/mol. The third-order valence-corrected chi connectivity index (χ3v) is 7.58. The maximum absolute atomic E-state index is 11.3. The van der Waals surface area contributed by atoms with Gasteiger partial charge in [-0.2, -0.15) is 0 Å². The van der Waals surface area contributed by atoms with Crippen molar-refractivity contribution in [2.45, 2.75) is 11.8 Å². The quantitative estimate of drug-likeness (QED) is 0.731. The fourth-order valence-electron chi connectivity index (χ4n) is 1.08. The molecule has 0 saturated carbocycles. The van der Waals surface area contributed by atoms with Crippen LogP contribution < -0.4 is 0 Å². The van der Waals surface area contributed by atoms with Crippen LogP contribution in [0.2, 0.25) is 0 Å². The zero-order valence-corrected chi connectivity index (χ0v) is 9.66. The molecule has 13 heavy (non-hydrogen) atoms. The van der Waals surface area contributed by atoms with Crippen LogP contribution in [0.25, 0.3) is 0 Å². The fourth-order valence-corrected chi connectivity index (χ4v) is 6.87. The van der Waals surface area contributed by atoms with E-state index in [0.717, 1.165) is 5.56 Å². The number of hydrogen-bond acceptors (Lipinski definition) is 4. The summed E-state index contributed by atoms with van der Waals surface area (Å²) in [5.41, 5.74) is 0.845. The minimum absolute atomic E-state index is 0.139. The first-order chi connectivity index (χ1) is 6.00. The molecule has 6 heteroatoms. The molecule has 0 atom stereocenters. The molecule has 72 valence electrons. The Bertz CT molecular complexity index is 454. The summed E-state index contributed by atoms with van der Waals surface area (Å²) in [6.45, 7) is 1.80. The molecule has 1 aliphatic heterocycles. The molecule has 0 aliphatic carbocycles. The van der Waals surface area contributed by atoms with Crippen LogP contribution in [-0.4, -0.2) is 11.9 Å². The summed E-state index contributed by atoms with van der Waals surface area (Å²) in [5, 5.41) is 0. The summed E-state index contributed by atoms with van der Waals surface area (Å²) in [4.78, 5) is 0.139. The topological polar surface area (TPSA) is 63.6 Å². The van der Waals surface area contributed by atoms with Gasteiger partial charge in [-0.05, 0) is 0 Å². The Morgan fingerprint density at radius 1 is 1.46 bits per heavy atom. The average molecular weight is 314 g/mol. The van der Waals surface area contributed by atoms with Crippen LogP contribution in [0, 0.1) is 10.5 Å². The molecule has 2 rings (SSSR count). The Kier molecular flexibility index (Phi) is 2.10. The molecule has 0 saturated heterocycles. The zero-order valence-electron chi connectivity index (χ0n) is 6.69. The summed E-state index contributed by atoms with van der Waals surface area (Å²) in [5.74, 6) is 0. The summed E-state index contributed by atoms with van der Waals surface area (Å²) >= 11 is -2.85. The molecule has 1 N–H and O–H groups in total. The molecule has 0 radical (unpaired) electrons. The molecule has 1 aliphatic rings. The van der Waals surface area contributed by atoms with E-state index in [1.165, 1.54) is 6.07 Å². The molecular formula is C7H7IO4S. The van der Waals surface area contributed by atoms with Crippen molar-refractivity contribution in [2.75, 3.05) is 0 Å². The van der Waals surface area contributed by atoms with Crippen LogP contribution in [0.15, 0.2) is 23.1 Å². The predicted octanol–water partition coefficient (Wildman–Crippen LogP) is 1.21. The first-order valence-electron chi connectivity index (χ1n) is 3.45. The molecule has 1 aromatic carbocycles. The van der Waals surface area contributed by atoms with E-state index in [-0.39, 0.29) is 4.90 Å². The van der Waals surface area contributed by atoms with Crippen molar-refractivity contribution in [3.05, 3.63) is 27.3 Å². The van der Waals surface area contributed by atoms with Crippen LogP contribution in [-0.2, 0) is 12.6 Å². The zero-order chi connectivity index (χ0) is 9.64. The van der Waals surface area contributed by atoms with Crippen LogP contribution in [0.4, 0.5) is 0 Å². The first kappa shape index (κ1) is 9.38. The van der Waals surface area contributed by atoms with Crippen molar-refractivity contribution in [1.82, 2.24) is 0 Å². The molecule has 1 heterocycles. The molecule has 4 nitrogen and oxygen atoms in total. The van der Waals surface area contributed by atoms with Crippen LogP contribution in [0.3, 0.4) is 0 Å². The average Bonchev–Trinajstić information content (AvgIpc) is 2.23. The van der Waals surface area contributed by atoms with Crippen LogP contribution >= 0.6 is 20.6 Å². The van der Waals surface area contributed by atoms with Gasteiger partial charge in [-0.3, -0.25) is 0 Å². The van der Waals surface area contributed by atoms with Gasteiger partial charge in [0, 0.05) is 0 Å². The molecule has 0 fully saturated rings. The second-order valence-electron chi connectivity index (χ2n) is 2.68. The molecule has 0 amide bonds. The Morgan fingerprint density at radius 2 is 2.15 bits per heavy atom. The normalized spacial score (nSPS) is 21.5. The van der Waals surface area contributed by atoms with E-state index < -0.39 is 30.8 Å². The monoisotopic (exact) mass is 314 g/mol. The van der Waals surface area contributed by atoms with Crippen molar-refractivity contribution in [3.63, 3.8) is 0 Å². The fraction of sp³-hybridized carbons (Fsp3) is 0.143. The number of hydrogen-bond donors (Lipinski definition) is 1. The van der Waals surface area contributed by atoms with E-state index in [1.54, 1.807) is 19.1 Å². The van der Waals surface area contributed by atoms with Crippen molar-refractivity contribution in [2.24, 2.45) is 0 Å². The Hall–Kier alpha value is -0.180. The second-order valence-corrected chi connectivity index (χ2v) is 7.71.